The maximum absolute atomic E-state index is 12.8. The smallest absolute Gasteiger partial charge is 0.254 e. The van der Waals surface area contributed by atoms with Gasteiger partial charge in [-0.15, -0.1) is 0 Å². The topological polar surface area (TPSA) is 89.5 Å². The van der Waals surface area contributed by atoms with Crippen LogP contribution in [-0.4, -0.2) is 63.8 Å². The molecular formula is C18H22N6O3. The van der Waals surface area contributed by atoms with Crippen molar-refractivity contribution in [1.29, 1.82) is 0 Å². The summed E-state index contributed by atoms with van der Waals surface area (Å²) in [5.74, 6) is 1.75. The number of fused-ring (bicyclic) bond motifs is 1. The van der Waals surface area contributed by atoms with Crippen LogP contribution in [0.25, 0.3) is 11.0 Å². The van der Waals surface area contributed by atoms with Crippen molar-refractivity contribution in [2.45, 2.75) is 13.5 Å². The summed E-state index contributed by atoms with van der Waals surface area (Å²) in [6.07, 6.45) is 0. The molecule has 0 spiro atoms. The van der Waals surface area contributed by atoms with Gasteiger partial charge in [0.1, 0.15) is 0 Å². The van der Waals surface area contributed by atoms with E-state index in [1.54, 1.807) is 18.9 Å². The first-order valence-electron chi connectivity index (χ1n) is 8.87. The number of carbonyl (C=O) groups excluding carboxylic acids is 1. The minimum absolute atomic E-state index is 0.113. The van der Waals surface area contributed by atoms with Crippen molar-refractivity contribution in [2.24, 2.45) is 7.05 Å². The number of imidazole rings is 1. The number of aromatic nitrogens is 4. The zero-order chi connectivity index (χ0) is 19.0. The molecule has 1 aliphatic heterocycles. The second-order valence-electron chi connectivity index (χ2n) is 6.66. The summed E-state index contributed by atoms with van der Waals surface area (Å²) in [7, 11) is 3.71. The average molecular weight is 370 g/mol. The number of ether oxygens (including phenoxy) is 1. The van der Waals surface area contributed by atoms with E-state index in [-0.39, 0.29) is 12.5 Å². The van der Waals surface area contributed by atoms with E-state index in [4.69, 9.17) is 14.2 Å². The largest absolute Gasteiger partial charge is 0.378 e. The lowest BCUT2D eigenvalue weighted by molar-refractivity contribution is 0.0780. The standard InChI is InChI=1S/C18H22N6O3/c1-12-19-16(21-27-12)11-22(2)17(25)13-4-5-15-14(10-13)20-18(23(15)3)24-6-8-26-9-7-24/h4-5,10H,6-9,11H2,1-3H3. The molecule has 0 aliphatic carbocycles. The van der Waals surface area contributed by atoms with Gasteiger partial charge in [-0.25, -0.2) is 4.98 Å². The quantitative estimate of drug-likeness (QED) is 0.685. The van der Waals surface area contributed by atoms with Crippen LogP contribution in [0.15, 0.2) is 22.7 Å². The number of hydrogen-bond donors (Lipinski definition) is 0. The molecule has 3 heterocycles. The van der Waals surface area contributed by atoms with Crippen LogP contribution in [0.2, 0.25) is 0 Å². The molecule has 4 rings (SSSR count). The highest BCUT2D eigenvalue weighted by atomic mass is 16.5. The molecule has 2 aromatic heterocycles. The number of nitrogens with zero attached hydrogens (tertiary/aromatic N) is 6. The van der Waals surface area contributed by atoms with Crippen LogP contribution in [0.5, 0.6) is 0 Å². The van der Waals surface area contributed by atoms with E-state index in [1.807, 2.05) is 25.2 Å². The molecular weight excluding hydrogens is 348 g/mol. The Morgan fingerprint density at radius 2 is 2.04 bits per heavy atom. The summed E-state index contributed by atoms with van der Waals surface area (Å²) in [6, 6.07) is 5.60. The summed E-state index contributed by atoms with van der Waals surface area (Å²) in [5.41, 5.74) is 2.37. The first-order valence-corrected chi connectivity index (χ1v) is 8.87. The fraction of sp³-hybridized carbons (Fsp3) is 0.444. The Morgan fingerprint density at radius 3 is 2.74 bits per heavy atom. The van der Waals surface area contributed by atoms with Crippen molar-refractivity contribution in [3.8, 4) is 0 Å². The minimum atomic E-state index is -0.113. The Labute approximate surface area is 156 Å². The number of morpholine rings is 1. The van der Waals surface area contributed by atoms with Gasteiger partial charge in [0.2, 0.25) is 11.8 Å². The van der Waals surface area contributed by atoms with Crippen LogP contribution in [0.1, 0.15) is 22.1 Å². The Bertz CT molecular complexity index is 973. The summed E-state index contributed by atoms with van der Waals surface area (Å²) in [4.78, 5) is 25.4. The minimum Gasteiger partial charge on any atom is -0.378 e. The number of rotatable bonds is 4. The Balaban J connectivity index is 1.57. The molecule has 3 aromatic rings. The third-order valence-corrected chi connectivity index (χ3v) is 4.69. The van der Waals surface area contributed by atoms with Crippen molar-refractivity contribution in [3.05, 3.63) is 35.5 Å². The number of benzene rings is 1. The molecule has 9 heteroatoms. The third kappa shape index (κ3) is 3.37. The van der Waals surface area contributed by atoms with Crippen LogP contribution >= 0.6 is 0 Å². The highest BCUT2D eigenvalue weighted by molar-refractivity contribution is 5.97. The molecule has 0 saturated carbocycles. The maximum Gasteiger partial charge on any atom is 0.254 e. The lowest BCUT2D eigenvalue weighted by Crippen LogP contribution is -2.37. The zero-order valence-corrected chi connectivity index (χ0v) is 15.7. The maximum atomic E-state index is 12.8. The number of amides is 1. The summed E-state index contributed by atoms with van der Waals surface area (Å²) in [6.45, 7) is 5.04. The molecule has 1 saturated heterocycles. The summed E-state index contributed by atoms with van der Waals surface area (Å²) in [5, 5.41) is 3.84. The van der Waals surface area contributed by atoms with Crippen LogP contribution in [0.4, 0.5) is 5.95 Å². The third-order valence-electron chi connectivity index (χ3n) is 4.69. The molecule has 0 radical (unpaired) electrons. The molecule has 1 aromatic carbocycles. The van der Waals surface area contributed by atoms with Gasteiger partial charge in [-0.1, -0.05) is 5.16 Å². The van der Waals surface area contributed by atoms with Gasteiger partial charge in [-0.3, -0.25) is 4.79 Å². The van der Waals surface area contributed by atoms with Crippen LogP contribution in [0.3, 0.4) is 0 Å². The van der Waals surface area contributed by atoms with E-state index in [0.29, 0.717) is 30.5 Å². The number of hydrogen-bond acceptors (Lipinski definition) is 7. The molecule has 9 nitrogen and oxygen atoms in total. The van der Waals surface area contributed by atoms with Gasteiger partial charge in [0, 0.05) is 39.7 Å². The molecule has 0 atom stereocenters. The SMILES string of the molecule is Cc1nc(CN(C)C(=O)c2ccc3c(c2)nc(N2CCOCC2)n3C)no1. The molecule has 142 valence electrons. The van der Waals surface area contributed by atoms with Crippen molar-refractivity contribution >= 4 is 22.9 Å². The summed E-state index contributed by atoms with van der Waals surface area (Å²) >= 11 is 0. The predicted octanol–water partition coefficient (Wildman–Crippen LogP) is 1.37. The molecule has 0 bridgehead atoms. The second-order valence-corrected chi connectivity index (χ2v) is 6.66. The van der Waals surface area contributed by atoms with Crippen molar-refractivity contribution in [3.63, 3.8) is 0 Å². The zero-order valence-electron chi connectivity index (χ0n) is 15.7. The van der Waals surface area contributed by atoms with Gasteiger partial charge in [-0.05, 0) is 18.2 Å². The molecule has 1 aliphatic rings. The van der Waals surface area contributed by atoms with E-state index in [2.05, 4.69) is 19.6 Å². The second kappa shape index (κ2) is 6.99. The van der Waals surface area contributed by atoms with Crippen molar-refractivity contribution < 1.29 is 14.1 Å². The van der Waals surface area contributed by atoms with E-state index in [0.717, 1.165) is 30.1 Å². The van der Waals surface area contributed by atoms with E-state index in [1.165, 1.54) is 0 Å². The van der Waals surface area contributed by atoms with Crippen LogP contribution < -0.4 is 4.90 Å². The van der Waals surface area contributed by atoms with E-state index < -0.39 is 0 Å². The number of carbonyl (C=O) groups is 1. The lowest BCUT2D eigenvalue weighted by Gasteiger charge is -2.27. The molecule has 0 unspecified atom stereocenters. The van der Waals surface area contributed by atoms with E-state index in [9.17, 15) is 4.79 Å². The van der Waals surface area contributed by atoms with Gasteiger partial charge >= 0.3 is 0 Å². The van der Waals surface area contributed by atoms with Crippen molar-refractivity contribution in [2.75, 3.05) is 38.3 Å². The number of anilines is 1. The fourth-order valence-electron chi connectivity index (χ4n) is 3.28. The molecule has 27 heavy (non-hydrogen) atoms. The van der Waals surface area contributed by atoms with E-state index >= 15 is 0 Å². The first kappa shape index (κ1) is 17.5. The van der Waals surface area contributed by atoms with Gasteiger partial charge in [0.15, 0.2) is 5.82 Å². The fourth-order valence-corrected chi connectivity index (χ4v) is 3.28. The highest BCUT2D eigenvalue weighted by Gasteiger charge is 2.20. The van der Waals surface area contributed by atoms with Crippen LogP contribution in [-0.2, 0) is 18.3 Å². The molecule has 0 N–H and O–H groups in total. The van der Waals surface area contributed by atoms with Crippen LogP contribution in [0, 0.1) is 6.92 Å². The lowest BCUT2D eigenvalue weighted by atomic mass is 10.1. The molecule has 1 amide bonds. The number of aryl methyl sites for hydroxylation is 2. The Hall–Kier alpha value is -2.94. The molecule has 1 fully saturated rings. The van der Waals surface area contributed by atoms with Crippen molar-refractivity contribution in [1.82, 2.24) is 24.6 Å². The monoisotopic (exact) mass is 370 g/mol. The average Bonchev–Trinajstić information content (AvgIpc) is 3.24. The first-order chi connectivity index (χ1) is 13.0. The predicted molar refractivity (Wildman–Crippen MR) is 98.6 cm³/mol. The Morgan fingerprint density at radius 1 is 1.26 bits per heavy atom. The van der Waals surface area contributed by atoms with Gasteiger partial charge < -0.3 is 23.6 Å². The summed E-state index contributed by atoms with van der Waals surface area (Å²) < 4.78 is 12.4. The van der Waals surface area contributed by atoms with Gasteiger partial charge in [-0.2, -0.15) is 4.98 Å². The highest BCUT2D eigenvalue weighted by Crippen LogP contribution is 2.23. The van der Waals surface area contributed by atoms with Gasteiger partial charge in [0.25, 0.3) is 5.91 Å². The van der Waals surface area contributed by atoms with Gasteiger partial charge in [0.05, 0.1) is 30.8 Å². The normalized spacial score (nSPS) is 14.7. The Kier molecular flexibility index (Phi) is 4.53.